The lowest BCUT2D eigenvalue weighted by molar-refractivity contribution is 0.262. The molecule has 2 aromatic rings. The Morgan fingerprint density at radius 3 is 2.77 bits per heavy atom. The normalized spacial score (nSPS) is 17.4. The Hall–Kier alpha value is -1.36. The van der Waals surface area contributed by atoms with Crippen molar-refractivity contribution in [2.45, 2.75) is 18.8 Å². The summed E-state index contributed by atoms with van der Waals surface area (Å²) < 4.78 is 8.02. The van der Waals surface area contributed by atoms with Gasteiger partial charge in [-0.25, -0.2) is 0 Å². The summed E-state index contributed by atoms with van der Waals surface area (Å²) in [6.45, 7) is 4.13. The Kier molecular flexibility index (Phi) is 7.12. The first-order valence-electron chi connectivity index (χ1n) is 9.14. The zero-order chi connectivity index (χ0) is 18.4. The number of anilines is 1. The van der Waals surface area contributed by atoms with Gasteiger partial charge in [-0.15, -0.1) is 0 Å². The first-order valence-corrected chi connectivity index (χ1v) is 10.7. The molecule has 1 saturated heterocycles. The lowest BCUT2D eigenvalue weighted by Crippen LogP contribution is -2.23. The van der Waals surface area contributed by atoms with E-state index in [-0.39, 0.29) is 0 Å². The summed E-state index contributed by atoms with van der Waals surface area (Å²) in [5.41, 5.74) is 2.56. The molecule has 0 saturated carbocycles. The van der Waals surface area contributed by atoms with E-state index in [9.17, 15) is 0 Å². The molecular weight excluding hydrogens is 364 g/mol. The zero-order valence-electron chi connectivity index (χ0n) is 15.5. The highest BCUT2D eigenvalue weighted by Crippen LogP contribution is 2.28. The molecule has 1 heterocycles. The Morgan fingerprint density at radius 1 is 1.23 bits per heavy atom. The third kappa shape index (κ3) is 5.32. The monoisotopic (exact) mass is 390 g/mol. The van der Waals surface area contributed by atoms with Crippen LogP contribution in [0.2, 0.25) is 5.02 Å². The fourth-order valence-corrected chi connectivity index (χ4v) is 3.94. The van der Waals surface area contributed by atoms with Crippen LogP contribution >= 0.6 is 23.5 Å². The van der Waals surface area contributed by atoms with Crippen molar-refractivity contribution in [3.8, 4) is 5.75 Å². The second-order valence-electron chi connectivity index (χ2n) is 6.72. The van der Waals surface area contributed by atoms with E-state index in [0.717, 1.165) is 43.4 Å². The molecule has 5 heteroatoms. The maximum absolute atomic E-state index is 6.12. The number of likely N-dealkylation sites (tertiary alicyclic amines) is 1. The molecular formula is C21H27ClN2OS. The van der Waals surface area contributed by atoms with Crippen LogP contribution < -0.4 is 9.04 Å². The number of rotatable bonds is 8. The van der Waals surface area contributed by atoms with Gasteiger partial charge < -0.3 is 13.9 Å². The number of benzene rings is 2. The summed E-state index contributed by atoms with van der Waals surface area (Å²) >= 11 is 7.82. The molecule has 1 aliphatic rings. The van der Waals surface area contributed by atoms with Crippen LogP contribution in [0.4, 0.5) is 5.69 Å². The van der Waals surface area contributed by atoms with Crippen LogP contribution in [0.15, 0.2) is 48.5 Å². The van der Waals surface area contributed by atoms with E-state index in [1.165, 1.54) is 17.7 Å². The molecule has 1 unspecified atom stereocenters. The standard InChI is InChI=1S/C21H27ClN2OS/c1-23(26-2)20-7-9-21(10-8-20)25-14-4-12-24-13-11-18(16-24)17-5-3-6-19(22)15-17/h3,5-10,15,18H,4,11-14,16H2,1-2H3. The number of nitrogens with zero attached hydrogens (tertiary/aromatic N) is 2. The van der Waals surface area contributed by atoms with Gasteiger partial charge in [0.1, 0.15) is 5.75 Å². The lowest BCUT2D eigenvalue weighted by atomic mass is 9.99. The first kappa shape index (κ1) is 19.4. The minimum atomic E-state index is 0.607. The van der Waals surface area contributed by atoms with Gasteiger partial charge in [-0.3, -0.25) is 0 Å². The van der Waals surface area contributed by atoms with E-state index in [1.807, 2.05) is 18.2 Å². The van der Waals surface area contributed by atoms with E-state index in [0.29, 0.717) is 5.92 Å². The highest BCUT2D eigenvalue weighted by molar-refractivity contribution is 7.99. The van der Waals surface area contributed by atoms with Crippen molar-refractivity contribution < 1.29 is 4.74 Å². The fraction of sp³-hybridized carbons (Fsp3) is 0.429. The lowest BCUT2D eigenvalue weighted by Gasteiger charge is -2.17. The second kappa shape index (κ2) is 9.54. The summed E-state index contributed by atoms with van der Waals surface area (Å²) in [6, 6.07) is 16.6. The largest absolute Gasteiger partial charge is 0.494 e. The predicted octanol–water partition coefficient (Wildman–Crippen LogP) is 5.31. The third-order valence-corrected chi connectivity index (χ3v) is 5.95. The van der Waals surface area contributed by atoms with Gasteiger partial charge >= 0.3 is 0 Å². The maximum Gasteiger partial charge on any atom is 0.119 e. The summed E-state index contributed by atoms with van der Waals surface area (Å²) in [5, 5.41) is 0.837. The molecule has 0 spiro atoms. The SMILES string of the molecule is CSN(C)c1ccc(OCCCN2CCC(c3cccc(Cl)c3)C2)cc1. The molecule has 0 bridgehead atoms. The smallest absolute Gasteiger partial charge is 0.119 e. The number of hydrogen-bond acceptors (Lipinski definition) is 4. The Bertz CT molecular complexity index is 695. The Balaban J connectivity index is 1.38. The molecule has 0 radical (unpaired) electrons. The van der Waals surface area contributed by atoms with Crippen molar-refractivity contribution in [1.29, 1.82) is 0 Å². The third-order valence-electron chi connectivity index (χ3n) is 4.95. The molecule has 1 atom stereocenters. The minimum absolute atomic E-state index is 0.607. The molecule has 26 heavy (non-hydrogen) atoms. The molecule has 0 aliphatic carbocycles. The van der Waals surface area contributed by atoms with Gasteiger partial charge in [0.05, 0.1) is 6.61 Å². The molecule has 1 aliphatic heterocycles. The van der Waals surface area contributed by atoms with Crippen LogP contribution in [0.5, 0.6) is 5.75 Å². The second-order valence-corrected chi connectivity index (χ2v) is 8.07. The molecule has 3 rings (SSSR count). The van der Waals surface area contributed by atoms with Gasteiger partial charge in [-0.1, -0.05) is 35.7 Å². The van der Waals surface area contributed by atoms with Gasteiger partial charge in [-0.2, -0.15) is 0 Å². The van der Waals surface area contributed by atoms with Crippen LogP contribution in [-0.4, -0.2) is 44.4 Å². The van der Waals surface area contributed by atoms with Gasteiger partial charge in [0.15, 0.2) is 0 Å². The van der Waals surface area contributed by atoms with Crippen LogP contribution in [0, 0.1) is 0 Å². The highest BCUT2D eigenvalue weighted by atomic mass is 35.5. The van der Waals surface area contributed by atoms with E-state index in [2.05, 4.69) is 52.8 Å². The Labute approximate surface area is 166 Å². The van der Waals surface area contributed by atoms with E-state index in [1.54, 1.807) is 11.9 Å². The van der Waals surface area contributed by atoms with Gasteiger partial charge in [0.2, 0.25) is 0 Å². The van der Waals surface area contributed by atoms with Gasteiger partial charge in [0.25, 0.3) is 0 Å². The molecule has 0 amide bonds. The molecule has 2 aromatic carbocycles. The quantitative estimate of drug-likeness (QED) is 0.448. The van der Waals surface area contributed by atoms with Gasteiger partial charge in [0, 0.05) is 37.1 Å². The molecule has 3 nitrogen and oxygen atoms in total. The minimum Gasteiger partial charge on any atom is -0.494 e. The van der Waals surface area contributed by atoms with Crippen molar-refractivity contribution >= 4 is 29.2 Å². The van der Waals surface area contributed by atoms with Crippen LogP contribution in [0.3, 0.4) is 0 Å². The predicted molar refractivity (Wildman–Crippen MR) is 114 cm³/mol. The van der Waals surface area contributed by atoms with Crippen molar-refractivity contribution in [1.82, 2.24) is 4.90 Å². The molecule has 0 N–H and O–H groups in total. The first-order chi connectivity index (χ1) is 12.7. The number of halogens is 1. The van der Waals surface area contributed by atoms with Crippen molar-refractivity contribution in [3.05, 3.63) is 59.1 Å². The van der Waals surface area contributed by atoms with Gasteiger partial charge in [-0.05, 0) is 67.3 Å². The van der Waals surface area contributed by atoms with Crippen LogP contribution in [0.25, 0.3) is 0 Å². The van der Waals surface area contributed by atoms with Crippen molar-refractivity contribution in [2.75, 3.05) is 43.8 Å². The van der Waals surface area contributed by atoms with Crippen LogP contribution in [-0.2, 0) is 0 Å². The average molecular weight is 391 g/mol. The van der Waals surface area contributed by atoms with Crippen LogP contribution in [0.1, 0.15) is 24.3 Å². The molecule has 1 fully saturated rings. The molecule has 0 aromatic heterocycles. The van der Waals surface area contributed by atoms with E-state index < -0.39 is 0 Å². The molecule has 140 valence electrons. The van der Waals surface area contributed by atoms with E-state index >= 15 is 0 Å². The summed E-state index contributed by atoms with van der Waals surface area (Å²) in [7, 11) is 2.06. The highest BCUT2D eigenvalue weighted by Gasteiger charge is 2.23. The number of ether oxygens (including phenoxy) is 1. The maximum atomic E-state index is 6.12. The average Bonchev–Trinajstić information content (AvgIpc) is 3.14. The summed E-state index contributed by atoms with van der Waals surface area (Å²) in [5.74, 6) is 1.55. The fourth-order valence-electron chi connectivity index (χ4n) is 3.40. The van der Waals surface area contributed by atoms with Crippen molar-refractivity contribution in [2.24, 2.45) is 0 Å². The number of hydrogen-bond donors (Lipinski definition) is 0. The zero-order valence-corrected chi connectivity index (χ0v) is 17.1. The summed E-state index contributed by atoms with van der Waals surface area (Å²) in [4.78, 5) is 2.53. The van der Waals surface area contributed by atoms with E-state index in [4.69, 9.17) is 16.3 Å². The topological polar surface area (TPSA) is 15.7 Å². The van der Waals surface area contributed by atoms with Crippen molar-refractivity contribution in [3.63, 3.8) is 0 Å². The summed E-state index contributed by atoms with van der Waals surface area (Å²) in [6.07, 6.45) is 4.33. The Morgan fingerprint density at radius 2 is 2.04 bits per heavy atom.